The summed E-state index contributed by atoms with van der Waals surface area (Å²) < 4.78 is 2.33. The van der Waals surface area contributed by atoms with Crippen LogP contribution in [0.2, 0.25) is 0 Å². The summed E-state index contributed by atoms with van der Waals surface area (Å²) >= 11 is 0. The van der Waals surface area contributed by atoms with Crippen LogP contribution in [0.4, 0.5) is 0 Å². The highest BCUT2D eigenvalue weighted by atomic mass is 15.2. The number of hydrogen-bond acceptors (Lipinski definition) is 1. The molecule has 0 saturated heterocycles. The molecule has 0 atom stereocenters. The van der Waals surface area contributed by atoms with Crippen molar-refractivity contribution in [3.8, 4) is 11.4 Å². The molecule has 1 aliphatic rings. The Morgan fingerprint density at radius 3 is 3.20 bits per heavy atom. The molecule has 72 valence electrons. The minimum atomic E-state index is 0.939. The monoisotopic (exact) mass is 195 g/mol. The van der Waals surface area contributed by atoms with Crippen LogP contribution in [-0.4, -0.2) is 14.8 Å². The molecule has 0 radical (unpaired) electrons. The molecule has 0 amide bonds. The van der Waals surface area contributed by atoms with Crippen LogP contribution in [0.15, 0.2) is 36.5 Å². The summed E-state index contributed by atoms with van der Waals surface area (Å²) in [5.41, 5.74) is 5.02. The molecular formula is C12H9N3. The Morgan fingerprint density at radius 2 is 2.20 bits per heavy atom. The van der Waals surface area contributed by atoms with Gasteiger partial charge >= 0.3 is 0 Å². The second kappa shape index (κ2) is 2.31. The number of para-hydroxylation sites is 1. The Hall–Kier alpha value is -2.03. The van der Waals surface area contributed by atoms with Crippen molar-refractivity contribution >= 4 is 10.9 Å². The Labute approximate surface area is 86.3 Å². The molecule has 0 bridgehead atoms. The van der Waals surface area contributed by atoms with E-state index >= 15 is 0 Å². The molecule has 1 N–H and O–H groups in total. The first kappa shape index (κ1) is 7.29. The smallest absolute Gasteiger partial charge is 0.0865 e. The van der Waals surface area contributed by atoms with E-state index in [1.165, 1.54) is 27.9 Å². The van der Waals surface area contributed by atoms with E-state index in [1.54, 1.807) is 0 Å². The number of aromatic amines is 1. The van der Waals surface area contributed by atoms with Gasteiger partial charge in [0.05, 0.1) is 24.1 Å². The summed E-state index contributed by atoms with van der Waals surface area (Å²) in [6.45, 7) is 0.939. The molecule has 3 aromatic rings. The fourth-order valence-corrected chi connectivity index (χ4v) is 2.41. The van der Waals surface area contributed by atoms with Crippen molar-refractivity contribution in [2.75, 3.05) is 0 Å². The topological polar surface area (TPSA) is 33.6 Å². The maximum absolute atomic E-state index is 4.07. The van der Waals surface area contributed by atoms with Gasteiger partial charge in [-0.1, -0.05) is 18.2 Å². The zero-order valence-corrected chi connectivity index (χ0v) is 8.07. The van der Waals surface area contributed by atoms with Gasteiger partial charge in [0, 0.05) is 16.5 Å². The van der Waals surface area contributed by atoms with Crippen LogP contribution in [0, 0.1) is 0 Å². The fraction of sp³-hybridized carbons (Fsp3) is 0.0833. The Bertz CT molecular complexity index is 660. The van der Waals surface area contributed by atoms with Crippen molar-refractivity contribution < 1.29 is 0 Å². The van der Waals surface area contributed by atoms with Crippen LogP contribution in [0.3, 0.4) is 0 Å². The molecule has 3 heterocycles. The predicted octanol–water partition coefficient (Wildman–Crippen LogP) is 2.39. The van der Waals surface area contributed by atoms with Crippen molar-refractivity contribution in [2.24, 2.45) is 0 Å². The third-order valence-electron chi connectivity index (χ3n) is 3.11. The molecule has 15 heavy (non-hydrogen) atoms. The van der Waals surface area contributed by atoms with Crippen LogP contribution in [0.5, 0.6) is 0 Å². The number of nitrogens with zero attached hydrogens (tertiary/aromatic N) is 2. The largest absolute Gasteiger partial charge is 0.335 e. The third-order valence-corrected chi connectivity index (χ3v) is 3.11. The van der Waals surface area contributed by atoms with Crippen molar-refractivity contribution in [1.29, 1.82) is 0 Å². The minimum Gasteiger partial charge on any atom is -0.335 e. The van der Waals surface area contributed by atoms with Gasteiger partial charge in [0.25, 0.3) is 0 Å². The van der Waals surface area contributed by atoms with E-state index in [0.29, 0.717) is 0 Å². The Balaban J connectivity index is 2.15. The van der Waals surface area contributed by atoms with Gasteiger partial charge < -0.3 is 4.57 Å². The zero-order valence-electron chi connectivity index (χ0n) is 8.07. The number of nitrogens with one attached hydrogen (secondary N) is 1. The Kier molecular flexibility index (Phi) is 1.12. The lowest BCUT2D eigenvalue weighted by Gasteiger charge is -1.99. The summed E-state index contributed by atoms with van der Waals surface area (Å²) in [4.78, 5) is 0. The van der Waals surface area contributed by atoms with E-state index < -0.39 is 0 Å². The fourth-order valence-electron chi connectivity index (χ4n) is 2.41. The number of fused-ring (bicyclic) bond motifs is 5. The van der Waals surface area contributed by atoms with E-state index in [0.717, 1.165) is 6.54 Å². The molecule has 2 aromatic heterocycles. The second-order valence-corrected chi connectivity index (χ2v) is 3.94. The van der Waals surface area contributed by atoms with Crippen LogP contribution >= 0.6 is 0 Å². The number of aromatic nitrogens is 3. The maximum Gasteiger partial charge on any atom is 0.0865 e. The summed E-state index contributed by atoms with van der Waals surface area (Å²) in [5, 5.41) is 8.44. The van der Waals surface area contributed by atoms with Gasteiger partial charge in [0.2, 0.25) is 0 Å². The average molecular weight is 195 g/mol. The van der Waals surface area contributed by atoms with Crippen LogP contribution in [-0.2, 0) is 6.54 Å². The summed E-state index contributed by atoms with van der Waals surface area (Å²) in [6.07, 6.45) is 1.91. The van der Waals surface area contributed by atoms with E-state index in [4.69, 9.17) is 0 Å². The van der Waals surface area contributed by atoms with Gasteiger partial charge in [-0.2, -0.15) is 5.10 Å². The number of rotatable bonds is 0. The average Bonchev–Trinajstić information content (AvgIpc) is 2.87. The molecule has 0 spiro atoms. The predicted molar refractivity (Wildman–Crippen MR) is 58.6 cm³/mol. The molecule has 4 rings (SSSR count). The molecule has 0 fully saturated rings. The molecule has 1 aromatic carbocycles. The van der Waals surface area contributed by atoms with E-state index in [9.17, 15) is 0 Å². The third kappa shape index (κ3) is 0.783. The molecule has 0 unspecified atom stereocenters. The standard InChI is InChI=1S/C12H9N3/c1-2-4-10-8(3-1)5-11-12-9(6-13-14-12)7-15(10)11/h1-6H,7H2,(H,13,14). The van der Waals surface area contributed by atoms with Crippen molar-refractivity contribution in [3.63, 3.8) is 0 Å². The van der Waals surface area contributed by atoms with Gasteiger partial charge in [-0.05, 0) is 12.1 Å². The van der Waals surface area contributed by atoms with Crippen LogP contribution in [0.1, 0.15) is 5.56 Å². The van der Waals surface area contributed by atoms with E-state index in [-0.39, 0.29) is 0 Å². The first-order valence-corrected chi connectivity index (χ1v) is 5.04. The normalized spacial score (nSPS) is 13.1. The highest BCUT2D eigenvalue weighted by Crippen LogP contribution is 2.35. The number of benzene rings is 1. The zero-order chi connectivity index (χ0) is 9.83. The lowest BCUT2D eigenvalue weighted by molar-refractivity contribution is 0.879. The lowest BCUT2D eigenvalue weighted by Crippen LogP contribution is -1.92. The SMILES string of the molecule is c1ccc2c(c1)cc1n2Cc2cn[nH]c2-1. The highest BCUT2D eigenvalue weighted by Gasteiger charge is 2.21. The first-order chi connectivity index (χ1) is 7.43. The molecule has 3 nitrogen and oxygen atoms in total. The first-order valence-electron chi connectivity index (χ1n) is 5.04. The highest BCUT2D eigenvalue weighted by molar-refractivity contribution is 5.88. The van der Waals surface area contributed by atoms with Crippen molar-refractivity contribution in [3.05, 3.63) is 42.1 Å². The number of hydrogen-bond donors (Lipinski definition) is 1. The van der Waals surface area contributed by atoms with Crippen LogP contribution < -0.4 is 0 Å². The second-order valence-electron chi connectivity index (χ2n) is 3.94. The van der Waals surface area contributed by atoms with E-state index in [2.05, 4.69) is 45.1 Å². The molecule has 1 aliphatic heterocycles. The minimum absolute atomic E-state index is 0.939. The quantitative estimate of drug-likeness (QED) is 0.459. The van der Waals surface area contributed by atoms with Gasteiger partial charge in [-0.3, -0.25) is 5.10 Å². The van der Waals surface area contributed by atoms with Gasteiger partial charge in [0.1, 0.15) is 0 Å². The van der Waals surface area contributed by atoms with Gasteiger partial charge in [0.15, 0.2) is 0 Å². The van der Waals surface area contributed by atoms with Gasteiger partial charge in [-0.15, -0.1) is 0 Å². The number of H-pyrrole nitrogens is 1. The molecule has 0 saturated carbocycles. The Morgan fingerprint density at radius 1 is 1.27 bits per heavy atom. The van der Waals surface area contributed by atoms with E-state index in [1.807, 2.05) is 6.20 Å². The molecular weight excluding hydrogens is 186 g/mol. The van der Waals surface area contributed by atoms with Crippen LogP contribution in [0.25, 0.3) is 22.3 Å². The summed E-state index contributed by atoms with van der Waals surface area (Å²) in [6, 6.07) is 10.7. The molecule has 3 heteroatoms. The van der Waals surface area contributed by atoms with Gasteiger partial charge in [-0.25, -0.2) is 0 Å². The van der Waals surface area contributed by atoms with Crippen molar-refractivity contribution in [2.45, 2.75) is 6.54 Å². The maximum atomic E-state index is 4.07. The van der Waals surface area contributed by atoms with Crippen molar-refractivity contribution in [1.82, 2.24) is 14.8 Å². The lowest BCUT2D eigenvalue weighted by atomic mass is 10.2. The summed E-state index contributed by atoms with van der Waals surface area (Å²) in [7, 11) is 0. The molecule has 0 aliphatic carbocycles. The summed E-state index contributed by atoms with van der Waals surface area (Å²) in [5.74, 6) is 0.